The second-order valence-electron chi connectivity index (χ2n) is 9.81. The van der Waals surface area contributed by atoms with Gasteiger partial charge in [-0.05, 0) is 31.4 Å². The Labute approximate surface area is 258 Å². The van der Waals surface area contributed by atoms with Gasteiger partial charge in [0.2, 0.25) is 11.8 Å². The number of carboxylic acid groups (broad SMARTS) is 1. The lowest BCUT2D eigenvalue weighted by molar-refractivity contribution is -0.166. The van der Waals surface area contributed by atoms with E-state index in [0.717, 1.165) is 24.3 Å². The third kappa shape index (κ3) is 13.6. The number of amides is 3. The van der Waals surface area contributed by atoms with Crippen LogP contribution in [0, 0.1) is 12.3 Å². The van der Waals surface area contributed by atoms with Crippen LogP contribution < -0.4 is 16.0 Å². The van der Waals surface area contributed by atoms with Crippen molar-refractivity contribution in [3.8, 4) is 12.3 Å². The number of hydrogen-bond acceptors (Lipinski definition) is 9. The van der Waals surface area contributed by atoms with E-state index in [1.807, 2.05) is 0 Å². The summed E-state index contributed by atoms with van der Waals surface area (Å²) in [5, 5.41) is 23.0. The van der Waals surface area contributed by atoms with Crippen LogP contribution in [-0.2, 0) is 34.3 Å². The molecule has 45 heavy (non-hydrogen) atoms. The fourth-order valence-corrected chi connectivity index (χ4v) is 3.81. The van der Waals surface area contributed by atoms with E-state index in [1.54, 1.807) is 0 Å². The summed E-state index contributed by atoms with van der Waals surface area (Å²) in [6.07, 6.45) is 2.47. The molecule has 0 spiro atoms. The highest BCUT2D eigenvalue weighted by molar-refractivity contribution is 5.98. The third-order valence-electron chi connectivity index (χ3n) is 6.27. The van der Waals surface area contributed by atoms with Gasteiger partial charge in [-0.15, -0.1) is 22.6 Å². The molecule has 1 aliphatic heterocycles. The Kier molecular flexibility index (Phi) is 16.0. The minimum absolute atomic E-state index is 0.0275. The van der Waals surface area contributed by atoms with E-state index < -0.39 is 42.1 Å². The zero-order chi connectivity index (χ0) is 33.1. The number of ether oxygens (including phenoxy) is 3. The second-order valence-corrected chi connectivity index (χ2v) is 9.81. The quantitative estimate of drug-likeness (QED) is 0.104. The van der Waals surface area contributed by atoms with Gasteiger partial charge in [0.05, 0.1) is 32.8 Å². The highest BCUT2D eigenvalue weighted by Crippen LogP contribution is 2.52. The van der Waals surface area contributed by atoms with Gasteiger partial charge in [0, 0.05) is 50.3 Å². The average molecular weight is 642 g/mol. The molecule has 0 aromatic heterocycles. The zero-order valence-electron chi connectivity index (χ0n) is 24.7. The van der Waals surface area contributed by atoms with Crippen LogP contribution in [0.5, 0.6) is 0 Å². The molecule has 3 amide bonds. The lowest BCUT2D eigenvalue weighted by atomic mass is 10.0. The Morgan fingerprint density at radius 2 is 1.44 bits per heavy atom. The zero-order valence-corrected chi connectivity index (χ0v) is 24.7. The molecular formula is C29H38F3N5O8. The molecule has 0 saturated heterocycles. The summed E-state index contributed by atoms with van der Waals surface area (Å²) in [5.41, 5.74) is -2.98. The molecule has 1 aromatic rings. The highest BCUT2D eigenvalue weighted by Gasteiger charge is 2.65. The largest absolute Gasteiger partial charge is 0.481 e. The summed E-state index contributed by atoms with van der Waals surface area (Å²) in [7, 11) is 0. The van der Waals surface area contributed by atoms with Crippen LogP contribution in [0.4, 0.5) is 13.2 Å². The van der Waals surface area contributed by atoms with E-state index in [-0.39, 0.29) is 30.2 Å². The van der Waals surface area contributed by atoms with E-state index in [1.165, 1.54) is 0 Å². The van der Waals surface area contributed by atoms with Crippen molar-refractivity contribution in [1.29, 1.82) is 0 Å². The number of carboxylic acids is 1. The molecule has 4 N–H and O–H groups in total. The Balaban J connectivity index is 1.54. The second kappa shape index (κ2) is 19.3. The molecule has 13 nitrogen and oxygen atoms in total. The van der Waals surface area contributed by atoms with Gasteiger partial charge in [0.1, 0.15) is 6.04 Å². The number of alkyl halides is 3. The number of unbranched alkanes of at least 4 members (excludes halogenated alkanes) is 1. The highest BCUT2D eigenvalue weighted by atomic mass is 19.4. The first-order valence-electron chi connectivity index (χ1n) is 14.3. The molecule has 1 unspecified atom stereocenters. The number of rotatable bonds is 23. The summed E-state index contributed by atoms with van der Waals surface area (Å²) < 4.78 is 55.7. The number of carbonyl (C=O) groups excluding carboxylic acids is 3. The van der Waals surface area contributed by atoms with Gasteiger partial charge in [-0.25, -0.2) is 0 Å². The van der Waals surface area contributed by atoms with Crippen LogP contribution in [0.15, 0.2) is 34.5 Å². The number of terminal acetylenes is 1. The molecule has 1 heterocycles. The molecule has 0 radical (unpaired) electrons. The van der Waals surface area contributed by atoms with Gasteiger partial charge in [-0.3, -0.25) is 19.2 Å². The molecule has 1 atom stereocenters. The Hall–Kier alpha value is -4.07. The third-order valence-corrected chi connectivity index (χ3v) is 6.27. The maximum atomic E-state index is 13.2. The van der Waals surface area contributed by atoms with Crippen molar-refractivity contribution in [2.45, 2.75) is 56.4 Å². The van der Waals surface area contributed by atoms with Gasteiger partial charge in [-0.1, -0.05) is 12.1 Å². The molecule has 16 heteroatoms. The van der Waals surface area contributed by atoms with Crippen molar-refractivity contribution in [2.75, 3.05) is 52.7 Å². The predicted molar refractivity (Wildman–Crippen MR) is 153 cm³/mol. The fraction of sp³-hybridized carbons (Fsp3) is 0.586. The summed E-state index contributed by atoms with van der Waals surface area (Å²) >= 11 is 0. The maximum Gasteiger partial charge on any atom is 0.442 e. The molecule has 1 aliphatic rings. The van der Waals surface area contributed by atoms with Gasteiger partial charge >= 0.3 is 17.8 Å². The van der Waals surface area contributed by atoms with Gasteiger partial charge in [0.25, 0.3) is 5.91 Å². The first-order valence-corrected chi connectivity index (χ1v) is 14.3. The average Bonchev–Trinajstić information content (AvgIpc) is 3.81. The molecule has 0 aliphatic carbocycles. The van der Waals surface area contributed by atoms with Crippen LogP contribution in [0.1, 0.15) is 54.4 Å². The number of carbonyl (C=O) groups is 4. The molecule has 248 valence electrons. The van der Waals surface area contributed by atoms with Gasteiger partial charge < -0.3 is 35.3 Å². The SMILES string of the molecule is C#CCCCC(=O)NCCCOCCOCCOCCCNC(=O)C(CC(=O)O)NC(=O)c1ccc(C2(C(F)(F)F)N=N2)cc1. The van der Waals surface area contributed by atoms with Crippen LogP contribution >= 0.6 is 0 Å². The first-order chi connectivity index (χ1) is 21.5. The number of nitrogens with zero attached hydrogens (tertiary/aromatic N) is 2. The maximum absolute atomic E-state index is 13.2. The number of nitrogens with one attached hydrogen (secondary N) is 3. The van der Waals surface area contributed by atoms with Crippen molar-refractivity contribution in [1.82, 2.24) is 16.0 Å². The molecule has 0 fully saturated rings. The summed E-state index contributed by atoms with van der Waals surface area (Å²) in [6.45, 7) is 2.85. The fourth-order valence-electron chi connectivity index (χ4n) is 3.81. The molecular weight excluding hydrogens is 603 g/mol. The van der Waals surface area contributed by atoms with Crippen molar-refractivity contribution in [3.63, 3.8) is 0 Å². The van der Waals surface area contributed by atoms with Crippen molar-refractivity contribution in [3.05, 3.63) is 35.4 Å². The Morgan fingerprint density at radius 1 is 0.889 bits per heavy atom. The topological polar surface area (TPSA) is 177 Å². The minimum atomic E-state index is -4.72. The normalized spacial score (nSPS) is 13.8. The summed E-state index contributed by atoms with van der Waals surface area (Å²) in [6, 6.07) is 2.90. The molecule has 2 rings (SSSR count). The lowest BCUT2D eigenvalue weighted by Crippen LogP contribution is -2.48. The molecule has 1 aromatic carbocycles. The number of benzene rings is 1. The smallest absolute Gasteiger partial charge is 0.442 e. The van der Waals surface area contributed by atoms with Crippen LogP contribution in [0.25, 0.3) is 0 Å². The predicted octanol–water partition coefficient (Wildman–Crippen LogP) is 2.31. The number of hydrogen-bond donors (Lipinski definition) is 4. The number of aliphatic carboxylic acids is 1. The molecule has 0 bridgehead atoms. The van der Waals surface area contributed by atoms with E-state index >= 15 is 0 Å². The Morgan fingerprint density at radius 3 is 1.96 bits per heavy atom. The van der Waals surface area contributed by atoms with Gasteiger partial charge in [0.15, 0.2) is 0 Å². The van der Waals surface area contributed by atoms with Crippen LogP contribution in [-0.4, -0.2) is 93.7 Å². The minimum Gasteiger partial charge on any atom is -0.481 e. The lowest BCUT2D eigenvalue weighted by Gasteiger charge is -2.18. The van der Waals surface area contributed by atoms with E-state index in [2.05, 4.69) is 32.1 Å². The first kappa shape index (κ1) is 37.1. The summed E-state index contributed by atoms with van der Waals surface area (Å²) in [5.74, 6) is -0.443. The van der Waals surface area contributed by atoms with Crippen molar-refractivity contribution >= 4 is 23.7 Å². The van der Waals surface area contributed by atoms with Crippen molar-refractivity contribution in [2.24, 2.45) is 10.2 Å². The summed E-state index contributed by atoms with van der Waals surface area (Å²) in [4.78, 5) is 47.8. The van der Waals surface area contributed by atoms with E-state index in [4.69, 9.17) is 25.7 Å². The standard InChI is InChI=1S/C29H38F3N5O8/c1-2-3-4-7-24(38)33-12-5-14-43-16-18-45-19-17-44-15-6-13-34-27(42)23(20-25(39)40)35-26(41)21-8-10-22(11-9-21)28(36-37-28)29(30,31)32/h1,8-11,23H,3-7,12-20H2,(H,33,38)(H,34,42)(H,35,41)(H,39,40). The van der Waals surface area contributed by atoms with Crippen LogP contribution in [0.3, 0.4) is 0 Å². The van der Waals surface area contributed by atoms with E-state index in [0.29, 0.717) is 71.7 Å². The molecule has 0 saturated carbocycles. The monoisotopic (exact) mass is 641 g/mol. The van der Waals surface area contributed by atoms with Crippen LogP contribution in [0.2, 0.25) is 0 Å². The van der Waals surface area contributed by atoms with E-state index in [9.17, 15) is 32.3 Å². The number of halogens is 3. The van der Waals surface area contributed by atoms with Crippen molar-refractivity contribution < 1.29 is 51.7 Å². The Bertz CT molecular complexity index is 1180. The van der Waals surface area contributed by atoms with Gasteiger partial charge in [-0.2, -0.15) is 13.2 Å².